The Bertz CT molecular complexity index is 1790. The molecule has 1 aliphatic carbocycles. The van der Waals surface area contributed by atoms with E-state index in [1.807, 2.05) is 42.1 Å². The molecule has 206 valence electrons. The van der Waals surface area contributed by atoms with Crippen LogP contribution in [0.5, 0.6) is 0 Å². The summed E-state index contributed by atoms with van der Waals surface area (Å²) in [7, 11) is 1.92. The van der Waals surface area contributed by atoms with Crippen LogP contribution in [0.1, 0.15) is 48.2 Å². The van der Waals surface area contributed by atoms with E-state index in [9.17, 15) is 18.4 Å². The summed E-state index contributed by atoms with van der Waals surface area (Å²) in [5, 5.41) is 3.91. The Kier molecular flexibility index (Phi) is 6.83. The first-order chi connectivity index (χ1) is 19.3. The molecule has 5 heterocycles. The lowest BCUT2D eigenvalue weighted by atomic mass is 9.85. The minimum atomic E-state index is -2.88. The van der Waals surface area contributed by atoms with Crippen LogP contribution in [-0.2, 0) is 13.6 Å². The van der Waals surface area contributed by atoms with Crippen LogP contribution in [0.4, 0.5) is 8.78 Å². The predicted octanol–water partition coefficient (Wildman–Crippen LogP) is 5.05. The smallest absolute Gasteiger partial charge is 0.335 e. The Morgan fingerprint density at radius 3 is 2.67 bits per heavy atom. The summed E-state index contributed by atoms with van der Waals surface area (Å²) in [5.74, 6) is -0.410. The van der Waals surface area contributed by atoms with E-state index < -0.39 is 18.0 Å². The molecule has 0 saturated heterocycles. The van der Waals surface area contributed by atoms with Crippen LogP contribution in [0.15, 0.2) is 59.9 Å². The molecule has 40 heavy (non-hydrogen) atoms. The predicted molar refractivity (Wildman–Crippen MR) is 147 cm³/mol. The van der Waals surface area contributed by atoms with Gasteiger partial charge in [0, 0.05) is 43.6 Å². The highest BCUT2D eigenvalue weighted by molar-refractivity contribution is 6.30. The van der Waals surface area contributed by atoms with Crippen molar-refractivity contribution in [2.75, 3.05) is 0 Å². The molecule has 0 atom stereocenters. The maximum atomic E-state index is 13.7. The highest BCUT2D eigenvalue weighted by atomic mass is 35.5. The number of alkyl halides is 2. The number of hydrogen-bond acceptors (Lipinski definition) is 5. The van der Waals surface area contributed by atoms with E-state index in [4.69, 9.17) is 11.6 Å². The number of rotatable bonds is 6. The second-order valence-electron chi connectivity index (χ2n) is 10.2. The Morgan fingerprint density at radius 1 is 1.10 bits per heavy atom. The van der Waals surface area contributed by atoms with Crippen LogP contribution in [0.3, 0.4) is 0 Å². The highest BCUT2D eigenvalue weighted by Crippen LogP contribution is 2.29. The second-order valence-corrected chi connectivity index (χ2v) is 10.6. The van der Waals surface area contributed by atoms with Crippen LogP contribution >= 0.6 is 11.6 Å². The summed E-state index contributed by atoms with van der Waals surface area (Å²) in [6.45, 7) is 0.503. The van der Waals surface area contributed by atoms with Gasteiger partial charge in [-0.3, -0.25) is 14.3 Å². The number of fused-ring (bicyclic) bond motifs is 2. The number of aromatic nitrogens is 6. The third kappa shape index (κ3) is 4.74. The number of hydrogen-bond donors (Lipinski definition) is 1. The van der Waals surface area contributed by atoms with E-state index in [1.165, 1.54) is 6.07 Å². The van der Waals surface area contributed by atoms with Crippen LogP contribution in [0.25, 0.3) is 27.9 Å². The van der Waals surface area contributed by atoms with Crippen LogP contribution in [0.2, 0.25) is 5.02 Å². The molecule has 5 aromatic rings. The Balaban J connectivity index is 1.19. The monoisotopic (exact) mass is 565 g/mol. The quantitative estimate of drug-likeness (QED) is 0.311. The fourth-order valence-electron chi connectivity index (χ4n) is 5.58. The first kappa shape index (κ1) is 26.1. The van der Waals surface area contributed by atoms with Gasteiger partial charge in [-0.05, 0) is 61.9 Å². The van der Waals surface area contributed by atoms with Crippen LogP contribution < -0.4 is 11.0 Å². The van der Waals surface area contributed by atoms with Gasteiger partial charge in [-0.2, -0.15) is 0 Å². The second kappa shape index (κ2) is 10.5. The number of halogens is 3. The van der Waals surface area contributed by atoms with Gasteiger partial charge in [0.2, 0.25) is 0 Å². The largest absolute Gasteiger partial charge is 0.349 e. The van der Waals surface area contributed by atoms with Gasteiger partial charge < -0.3 is 9.88 Å². The third-order valence-electron chi connectivity index (χ3n) is 7.60. The summed E-state index contributed by atoms with van der Waals surface area (Å²) in [5.41, 5.74) is 1.81. The molecule has 9 nitrogen and oxygen atoms in total. The van der Waals surface area contributed by atoms with E-state index in [0.717, 1.165) is 35.6 Å². The fraction of sp³-hybridized carbons (Fsp3) is 0.321. The summed E-state index contributed by atoms with van der Waals surface area (Å²) in [4.78, 5) is 39.2. The zero-order valence-electron chi connectivity index (χ0n) is 21.6. The number of carbonyl (C=O) groups is 1. The number of aryl methyl sites for hydroxylation is 1. The van der Waals surface area contributed by atoms with Crippen molar-refractivity contribution >= 4 is 39.7 Å². The molecule has 0 spiro atoms. The molecule has 0 unspecified atom stereocenters. The van der Waals surface area contributed by atoms with Crippen molar-refractivity contribution in [3.8, 4) is 5.69 Å². The molecule has 1 N–H and O–H groups in total. The standard InChI is InChI=1S/C28H26ClF2N7O2/c1-36-10-8-17-11-20(14-34-25(17)36)38-26-22(3-2-9-32-26)37(28(38)40)15-16-4-6-19(7-5-16)35-27(39)21-12-18(29)13-33-23(21)24(30)31/h2-3,8-14,16,19,24H,4-7,15H2,1H3,(H,35,39)/t16-,19-. The normalized spacial score (nSPS) is 17.6. The van der Waals surface area contributed by atoms with Gasteiger partial charge in [-0.25, -0.2) is 28.1 Å². The summed E-state index contributed by atoms with van der Waals surface area (Å²) < 4.78 is 32.0. The molecular weight excluding hydrogens is 540 g/mol. The Morgan fingerprint density at radius 2 is 1.90 bits per heavy atom. The van der Waals surface area contributed by atoms with Gasteiger partial charge in [0.05, 0.1) is 28.0 Å². The molecule has 1 fully saturated rings. The first-order valence-corrected chi connectivity index (χ1v) is 13.4. The lowest BCUT2D eigenvalue weighted by Crippen LogP contribution is -2.39. The third-order valence-corrected chi connectivity index (χ3v) is 7.81. The average molecular weight is 566 g/mol. The molecule has 12 heteroatoms. The van der Waals surface area contributed by atoms with Gasteiger partial charge in [-0.1, -0.05) is 11.6 Å². The van der Waals surface area contributed by atoms with Gasteiger partial charge >= 0.3 is 5.69 Å². The zero-order chi connectivity index (χ0) is 28.0. The summed E-state index contributed by atoms with van der Waals surface area (Å²) in [6.07, 6.45) is 6.35. The highest BCUT2D eigenvalue weighted by Gasteiger charge is 2.27. The van der Waals surface area contributed by atoms with Crippen molar-refractivity contribution < 1.29 is 13.6 Å². The zero-order valence-corrected chi connectivity index (χ0v) is 22.4. The maximum Gasteiger partial charge on any atom is 0.335 e. The van der Waals surface area contributed by atoms with E-state index in [-0.39, 0.29) is 28.2 Å². The summed E-state index contributed by atoms with van der Waals surface area (Å²) >= 11 is 5.90. The molecule has 1 aliphatic rings. The number of amides is 1. The Hall–Kier alpha value is -4.12. The van der Waals surface area contributed by atoms with E-state index >= 15 is 0 Å². The van der Waals surface area contributed by atoms with Crippen molar-refractivity contribution in [2.24, 2.45) is 13.0 Å². The lowest BCUT2D eigenvalue weighted by molar-refractivity contribution is 0.0904. The van der Waals surface area contributed by atoms with Gasteiger partial charge in [0.25, 0.3) is 12.3 Å². The molecular formula is C28H26ClF2N7O2. The van der Waals surface area contributed by atoms with Crippen molar-refractivity contribution in [3.05, 3.63) is 81.9 Å². The van der Waals surface area contributed by atoms with E-state index in [2.05, 4.69) is 20.3 Å². The van der Waals surface area contributed by atoms with Crippen LogP contribution in [-0.4, -0.2) is 40.6 Å². The van der Waals surface area contributed by atoms with Gasteiger partial charge in [-0.15, -0.1) is 0 Å². The molecule has 0 radical (unpaired) electrons. The number of nitrogens with zero attached hydrogens (tertiary/aromatic N) is 6. The van der Waals surface area contributed by atoms with E-state index in [1.54, 1.807) is 21.5 Å². The minimum absolute atomic E-state index is 0.122. The van der Waals surface area contributed by atoms with Crippen molar-refractivity contribution in [1.82, 2.24) is 34.0 Å². The van der Waals surface area contributed by atoms with Crippen molar-refractivity contribution in [1.29, 1.82) is 0 Å². The van der Waals surface area contributed by atoms with Crippen molar-refractivity contribution in [3.63, 3.8) is 0 Å². The Labute approximate surface area is 232 Å². The molecule has 1 amide bonds. The molecule has 0 bridgehead atoms. The lowest BCUT2D eigenvalue weighted by Gasteiger charge is -2.29. The van der Waals surface area contributed by atoms with Gasteiger partial charge in [0.1, 0.15) is 11.3 Å². The number of nitrogens with one attached hydrogen (secondary N) is 1. The van der Waals surface area contributed by atoms with Crippen molar-refractivity contribution in [2.45, 2.75) is 44.7 Å². The molecule has 5 aromatic heterocycles. The molecule has 0 aliphatic heterocycles. The minimum Gasteiger partial charge on any atom is -0.349 e. The molecule has 6 rings (SSSR count). The fourth-order valence-corrected chi connectivity index (χ4v) is 5.73. The number of carbonyl (C=O) groups excluding carboxylic acids is 1. The molecule has 0 aromatic carbocycles. The number of pyridine rings is 3. The topological polar surface area (TPSA) is 99.6 Å². The average Bonchev–Trinajstić information content (AvgIpc) is 3.45. The number of imidazole rings is 1. The SMILES string of the molecule is Cn1ccc2cc(-n3c(=O)n(C[C@H]4CC[C@H](NC(=O)c5cc(Cl)cnc5C(F)F)CC4)c4cccnc43)cnc21. The first-order valence-electron chi connectivity index (χ1n) is 13.0. The van der Waals surface area contributed by atoms with E-state index in [0.29, 0.717) is 30.7 Å². The van der Waals surface area contributed by atoms with Gasteiger partial charge in [0.15, 0.2) is 5.65 Å². The maximum absolute atomic E-state index is 13.7. The van der Waals surface area contributed by atoms with Crippen LogP contribution in [0, 0.1) is 5.92 Å². The molecule has 1 saturated carbocycles. The summed E-state index contributed by atoms with van der Waals surface area (Å²) in [6, 6.07) is 8.64.